The normalized spacial score (nSPS) is 16.8. The van der Waals surface area contributed by atoms with Crippen molar-refractivity contribution in [3.63, 3.8) is 0 Å². The lowest BCUT2D eigenvalue weighted by Crippen LogP contribution is -2.47. The van der Waals surface area contributed by atoms with Crippen molar-refractivity contribution in [1.82, 2.24) is 9.88 Å². The molecule has 0 radical (unpaired) electrons. The van der Waals surface area contributed by atoms with E-state index in [0.29, 0.717) is 5.56 Å². The summed E-state index contributed by atoms with van der Waals surface area (Å²) in [6.07, 6.45) is 1.72. The van der Waals surface area contributed by atoms with Crippen molar-refractivity contribution in [2.75, 3.05) is 37.6 Å². The topological polar surface area (TPSA) is 36.4 Å². The molecule has 1 aliphatic heterocycles. The molecule has 1 aliphatic rings. The highest BCUT2D eigenvalue weighted by Crippen LogP contribution is 2.16. The first-order valence-electron chi connectivity index (χ1n) is 7.95. The van der Waals surface area contributed by atoms with E-state index in [9.17, 15) is 4.79 Å². The van der Waals surface area contributed by atoms with Crippen molar-refractivity contribution in [3.8, 4) is 0 Å². The number of carbonyl (C=O) groups is 1. The Morgan fingerprint density at radius 1 is 1.14 bits per heavy atom. The molecule has 0 aliphatic carbocycles. The smallest absolute Gasteiger partial charge is 0.166 e. The van der Waals surface area contributed by atoms with Gasteiger partial charge in [0.15, 0.2) is 5.78 Å². The van der Waals surface area contributed by atoms with Gasteiger partial charge in [-0.15, -0.1) is 0 Å². The Labute approximate surface area is 128 Å². The van der Waals surface area contributed by atoms with Crippen LogP contribution < -0.4 is 4.90 Å². The Morgan fingerprint density at radius 2 is 1.81 bits per heavy atom. The zero-order chi connectivity index (χ0) is 15.4. The third kappa shape index (κ3) is 4.27. The summed E-state index contributed by atoms with van der Waals surface area (Å²) in [4.78, 5) is 21.2. The van der Waals surface area contributed by atoms with E-state index in [4.69, 9.17) is 0 Å². The van der Waals surface area contributed by atoms with E-state index >= 15 is 0 Å². The number of ketones is 1. The molecule has 2 rings (SSSR count). The van der Waals surface area contributed by atoms with Gasteiger partial charge in [0.25, 0.3) is 0 Å². The lowest BCUT2D eigenvalue weighted by Gasteiger charge is -2.36. The van der Waals surface area contributed by atoms with Crippen molar-refractivity contribution < 1.29 is 4.79 Å². The monoisotopic (exact) mass is 289 g/mol. The fourth-order valence-corrected chi connectivity index (χ4v) is 2.73. The van der Waals surface area contributed by atoms with Gasteiger partial charge in [0.1, 0.15) is 5.82 Å². The summed E-state index contributed by atoms with van der Waals surface area (Å²) in [6.45, 7) is 13.7. The van der Waals surface area contributed by atoms with Crippen LogP contribution in [0.2, 0.25) is 0 Å². The first-order chi connectivity index (χ1) is 9.97. The van der Waals surface area contributed by atoms with Crippen LogP contribution in [0.1, 0.15) is 38.1 Å². The number of rotatable bonds is 5. The van der Waals surface area contributed by atoms with Gasteiger partial charge in [-0.25, -0.2) is 4.98 Å². The first kappa shape index (κ1) is 16.0. The van der Waals surface area contributed by atoms with Crippen LogP contribution in [0.4, 0.5) is 5.82 Å². The van der Waals surface area contributed by atoms with Crippen LogP contribution in [-0.4, -0.2) is 48.4 Å². The summed E-state index contributed by atoms with van der Waals surface area (Å²) in [5.41, 5.74) is 0.715. The second kappa shape index (κ2) is 7.03. The molecule has 0 amide bonds. The molecule has 116 valence electrons. The van der Waals surface area contributed by atoms with Gasteiger partial charge in [-0.2, -0.15) is 0 Å². The molecule has 2 heterocycles. The fraction of sp³-hybridized carbons (Fsp3) is 0.647. The zero-order valence-corrected chi connectivity index (χ0v) is 13.7. The number of carbonyl (C=O) groups excluding carboxylic acids is 1. The minimum Gasteiger partial charge on any atom is -0.354 e. The highest BCUT2D eigenvalue weighted by molar-refractivity contribution is 5.97. The van der Waals surface area contributed by atoms with E-state index in [1.54, 1.807) is 6.20 Å². The molecule has 0 atom stereocenters. The first-order valence-corrected chi connectivity index (χ1v) is 7.95. The Kier molecular flexibility index (Phi) is 5.34. The largest absolute Gasteiger partial charge is 0.354 e. The number of hydrogen-bond acceptors (Lipinski definition) is 4. The van der Waals surface area contributed by atoms with Crippen molar-refractivity contribution in [1.29, 1.82) is 0 Å². The van der Waals surface area contributed by atoms with Crippen LogP contribution in [-0.2, 0) is 0 Å². The summed E-state index contributed by atoms with van der Waals surface area (Å²) in [5.74, 6) is 1.89. The van der Waals surface area contributed by atoms with Crippen LogP contribution in [0.15, 0.2) is 18.3 Å². The van der Waals surface area contributed by atoms with Crippen molar-refractivity contribution >= 4 is 11.6 Å². The summed E-state index contributed by atoms with van der Waals surface area (Å²) >= 11 is 0. The number of piperazine rings is 1. The van der Waals surface area contributed by atoms with E-state index in [2.05, 4.69) is 28.6 Å². The molecule has 0 unspecified atom stereocenters. The Hall–Kier alpha value is -1.42. The van der Waals surface area contributed by atoms with E-state index in [-0.39, 0.29) is 11.7 Å². The molecule has 1 aromatic rings. The number of Topliss-reactive ketones (excluding diaryl/α,β-unsaturated/α-hetero) is 1. The van der Waals surface area contributed by atoms with Crippen molar-refractivity contribution in [2.24, 2.45) is 11.8 Å². The van der Waals surface area contributed by atoms with Crippen LogP contribution in [0.25, 0.3) is 0 Å². The number of hydrogen-bond donors (Lipinski definition) is 0. The molecular formula is C17H27N3O. The van der Waals surface area contributed by atoms with E-state index < -0.39 is 0 Å². The van der Waals surface area contributed by atoms with Crippen molar-refractivity contribution in [2.45, 2.75) is 27.7 Å². The average molecular weight is 289 g/mol. The molecule has 1 aromatic heterocycles. The molecular weight excluding hydrogens is 262 g/mol. The highest BCUT2D eigenvalue weighted by Gasteiger charge is 2.19. The number of anilines is 1. The molecule has 0 spiro atoms. The maximum Gasteiger partial charge on any atom is 0.166 e. The summed E-state index contributed by atoms with van der Waals surface area (Å²) in [6, 6.07) is 3.89. The van der Waals surface area contributed by atoms with Crippen LogP contribution in [0.5, 0.6) is 0 Å². The molecule has 0 aromatic carbocycles. The maximum atomic E-state index is 11.9. The van der Waals surface area contributed by atoms with Gasteiger partial charge < -0.3 is 4.90 Å². The van der Waals surface area contributed by atoms with Gasteiger partial charge in [-0.3, -0.25) is 9.69 Å². The molecule has 1 fully saturated rings. The minimum atomic E-state index is 0.0252. The second-order valence-corrected chi connectivity index (χ2v) is 6.61. The zero-order valence-electron chi connectivity index (χ0n) is 13.7. The maximum absolute atomic E-state index is 11.9. The molecule has 0 N–H and O–H groups in total. The van der Waals surface area contributed by atoms with Gasteiger partial charge in [0.2, 0.25) is 0 Å². The summed E-state index contributed by atoms with van der Waals surface area (Å²) in [5, 5.41) is 0. The van der Waals surface area contributed by atoms with Crippen LogP contribution >= 0.6 is 0 Å². The lowest BCUT2D eigenvalue weighted by molar-refractivity contribution is 0.0939. The number of pyridine rings is 1. The van der Waals surface area contributed by atoms with Gasteiger partial charge in [0.05, 0.1) is 0 Å². The van der Waals surface area contributed by atoms with Crippen LogP contribution in [0.3, 0.4) is 0 Å². The summed E-state index contributed by atoms with van der Waals surface area (Å²) in [7, 11) is 0. The van der Waals surface area contributed by atoms with E-state index in [0.717, 1.165) is 37.9 Å². The highest BCUT2D eigenvalue weighted by atomic mass is 16.1. The molecule has 4 heteroatoms. The molecule has 1 saturated heterocycles. The standard InChI is InChI=1S/C17H27N3O/c1-13(2)12-19-7-9-20(10-8-19)16-6-5-15(11-18-16)17(21)14(3)4/h5-6,11,13-14H,7-10,12H2,1-4H3. The SMILES string of the molecule is CC(C)CN1CCN(c2ccc(C(=O)C(C)C)cn2)CC1. The Balaban J connectivity index is 1.93. The quantitative estimate of drug-likeness (QED) is 0.781. The Bertz CT molecular complexity index is 459. The third-order valence-corrected chi connectivity index (χ3v) is 3.88. The van der Waals surface area contributed by atoms with Gasteiger partial charge in [-0.1, -0.05) is 27.7 Å². The molecule has 21 heavy (non-hydrogen) atoms. The minimum absolute atomic E-state index is 0.0252. The lowest BCUT2D eigenvalue weighted by atomic mass is 10.0. The molecule has 0 bridgehead atoms. The van der Waals surface area contributed by atoms with Crippen LogP contribution in [0, 0.1) is 11.8 Å². The number of aromatic nitrogens is 1. The van der Waals surface area contributed by atoms with Gasteiger partial charge in [0, 0.05) is 50.4 Å². The van der Waals surface area contributed by atoms with Gasteiger partial charge in [-0.05, 0) is 18.1 Å². The van der Waals surface area contributed by atoms with Gasteiger partial charge >= 0.3 is 0 Å². The fourth-order valence-electron chi connectivity index (χ4n) is 2.73. The molecule has 4 nitrogen and oxygen atoms in total. The predicted octanol–water partition coefficient (Wildman–Crippen LogP) is 2.70. The van der Waals surface area contributed by atoms with E-state index in [1.807, 2.05) is 26.0 Å². The number of nitrogens with zero attached hydrogens (tertiary/aromatic N) is 3. The average Bonchev–Trinajstić information content (AvgIpc) is 2.47. The Morgan fingerprint density at radius 3 is 2.29 bits per heavy atom. The molecule has 0 saturated carbocycles. The summed E-state index contributed by atoms with van der Waals surface area (Å²) < 4.78 is 0. The van der Waals surface area contributed by atoms with Crippen molar-refractivity contribution in [3.05, 3.63) is 23.9 Å². The third-order valence-electron chi connectivity index (χ3n) is 3.88. The predicted molar refractivity (Wildman–Crippen MR) is 86.9 cm³/mol. The second-order valence-electron chi connectivity index (χ2n) is 6.61. The van der Waals surface area contributed by atoms with E-state index in [1.165, 1.54) is 6.54 Å².